The molecule has 0 bridgehead atoms. The smallest absolute Gasteiger partial charge is 0.338 e. The van der Waals surface area contributed by atoms with Crippen LogP contribution in [0.3, 0.4) is 0 Å². The number of ether oxygens (including phenoxy) is 1. The molecule has 15 heavy (non-hydrogen) atoms. The number of fused-ring (bicyclic) bond motifs is 1. The summed E-state index contributed by atoms with van der Waals surface area (Å²) in [5.41, 5.74) is 4.12. The van der Waals surface area contributed by atoms with Crippen molar-refractivity contribution < 1.29 is 9.53 Å². The number of carbonyl (C=O) groups excluding carboxylic acids is 1. The summed E-state index contributed by atoms with van der Waals surface area (Å²) in [6.45, 7) is 4.25. The van der Waals surface area contributed by atoms with Crippen LogP contribution in [0.25, 0.3) is 5.57 Å². The first-order valence-electron chi connectivity index (χ1n) is 5.19. The molecule has 2 heteroatoms. The number of esters is 1. The molecule has 0 radical (unpaired) electrons. The van der Waals surface area contributed by atoms with E-state index in [-0.39, 0.29) is 5.97 Å². The highest BCUT2D eigenvalue weighted by Crippen LogP contribution is 2.32. The van der Waals surface area contributed by atoms with Crippen LogP contribution in [0.15, 0.2) is 29.8 Å². The predicted molar refractivity (Wildman–Crippen MR) is 59.4 cm³/mol. The molecule has 1 aromatic rings. The van der Waals surface area contributed by atoms with Gasteiger partial charge in [0, 0.05) is 0 Å². The summed E-state index contributed by atoms with van der Waals surface area (Å²) in [4.78, 5) is 11.7. The van der Waals surface area contributed by atoms with Crippen molar-refractivity contribution in [3.05, 3.63) is 41.0 Å². The average Bonchev–Trinajstić information content (AvgIpc) is 2.54. The molecule has 0 amide bonds. The SMILES string of the molecule is CCOC(=O)C1=C(C)Cc2ccccc21. The zero-order valence-corrected chi connectivity index (χ0v) is 9.04. The van der Waals surface area contributed by atoms with E-state index in [1.54, 1.807) is 0 Å². The summed E-state index contributed by atoms with van der Waals surface area (Å²) < 4.78 is 5.06. The van der Waals surface area contributed by atoms with Gasteiger partial charge >= 0.3 is 5.97 Å². The van der Waals surface area contributed by atoms with Gasteiger partial charge in [-0.15, -0.1) is 0 Å². The van der Waals surface area contributed by atoms with Crippen molar-refractivity contribution >= 4 is 11.5 Å². The van der Waals surface area contributed by atoms with Crippen LogP contribution in [-0.4, -0.2) is 12.6 Å². The number of allylic oxidation sites excluding steroid dienone is 1. The topological polar surface area (TPSA) is 26.3 Å². The van der Waals surface area contributed by atoms with Gasteiger partial charge in [-0.2, -0.15) is 0 Å². The maximum atomic E-state index is 11.7. The van der Waals surface area contributed by atoms with Gasteiger partial charge in [-0.25, -0.2) is 4.79 Å². The summed E-state index contributed by atoms with van der Waals surface area (Å²) in [6, 6.07) is 8.00. The Morgan fingerprint density at radius 3 is 2.87 bits per heavy atom. The van der Waals surface area contributed by atoms with Crippen LogP contribution in [-0.2, 0) is 16.0 Å². The van der Waals surface area contributed by atoms with Crippen molar-refractivity contribution in [2.75, 3.05) is 6.61 Å². The predicted octanol–water partition coefficient (Wildman–Crippen LogP) is 2.58. The monoisotopic (exact) mass is 202 g/mol. The van der Waals surface area contributed by atoms with E-state index >= 15 is 0 Å². The van der Waals surface area contributed by atoms with E-state index in [1.807, 2.05) is 32.0 Å². The third-order valence-corrected chi connectivity index (χ3v) is 2.65. The van der Waals surface area contributed by atoms with Crippen molar-refractivity contribution in [3.8, 4) is 0 Å². The molecular weight excluding hydrogens is 188 g/mol. The van der Waals surface area contributed by atoms with E-state index in [4.69, 9.17) is 4.74 Å². The number of carbonyl (C=O) groups is 1. The van der Waals surface area contributed by atoms with Crippen LogP contribution in [0.4, 0.5) is 0 Å². The Morgan fingerprint density at radius 2 is 2.13 bits per heavy atom. The molecule has 0 saturated heterocycles. The molecule has 0 fully saturated rings. The summed E-state index contributed by atoms with van der Waals surface area (Å²) in [6.07, 6.45) is 0.865. The Kier molecular flexibility index (Phi) is 2.58. The van der Waals surface area contributed by atoms with E-state index in [1.165, 1.54) is 5.56 Å². The molecule has 0 unspecified atom stereocenters. The zero-order chi connectivity index (χ0) is 10.8. The number of hydrogen-bond acceptors (Lipinski definition) is 2. The van der Waals surface area contributed by atoms with Gasteiger partial charge in [-0.05, 0) is 31.4 Å². The van der Waals surface area contributed by atoms with Gasteiger partial charge in [0.15, 0.2) is 0 Å². The summed E-state index contributed by atoms with van der Waals surface area (Å²) in [7, 11) is 0. The molecule has 2 nitrogen and oxygen atoms in total. The Morgan fingerprint density at radius 1 is 1.40 bits per heavy atom. The van der Waals surface area contributed by atoms with Crippen molar-refractivity contribution in [1.29, 1.82) is 0 Å². The Bertz CT molecular complexity index is 430. The number of rotatable bonds is 2. The van der Waals surface area contributed by atoms with Gasteiger partial charge in [0.1, 0.15) is 0 Å². The maximum Gasteiger partial charge on any atom is 0.338 e. The third kappa shape index (κ3) is 1.67. The van der Waals surface area contributed by atoms with Crippen LogP contribution in [0.2, 0.25) is 0 Å². The molecular formula is C13H14O2. The van der Waals surface area contributed by atoms with Crippen molar-refractivity contribution in [1.82, 2.24) is 0 Å². The molecule has 1 aliphatic rings. The fourth-order valence-electron chi connectivity index (χ4n) is 2.01. The third-order valence-electron chi connectivity index (χ3n) is 2.65. The Labute approximate surface area is 89.6 Å². The lowest BCUT2D eigenvalue weighted by Crippen LogP contribution is -2.06. The molecule has 0 heterocycles. The molecule has 0 aliphatic heterocycles. The summed E-state index contributed by atoms with van der Waals surface area (Å²) >= 11 is 0. The first-order chi connectivity index (χ1) is 7.24. The molecule has 0 spiro atoms. The lowest BCUT2D eigenvalue weighted by molar-refractivity contribution is -0.136. The van der Waals surface area contributed by atoms with E-state index in [9.17, 15) is 4.79 Å². The standard InChI is InChI=1S/C13H14O2/c1-3-15-13(14)12-9(2)8-10-6-4-5-7-11(10)12/h4-7H,3,8H2,1-2H3. The second-order valence-corrected chi connectivity index (χ2v) is 3.71. The minimum absolute atomic E-state index is 0.194. The quantitative estimate of drug-likeness (QED) is 0.689. The molecule has 2 rings (SSSR count). The normalized spacial score (nSPS) is 14.0. The first kappa shape index (κ1) is 9.97. The highest BCUT2D eigenvalue weighted by Gasteiger charge is 2.24. The van der Waals surface area contributed by atoms with Gasteiger partial charge in [0.2, 0.25) is 0 Å². The highest BCUT2D eigenvalue weighted by molar-refractivity contribution is 6.19. The summed E-state index contributed by atoms with van der Waals surface area (Å²) in [5.74, 6) is -0.194. The lowest BCUT2D eigenvalue weighted by atomic mass is 10.1. The van der Waals surface area contributed by atoms with Gasteiger partial charge in [0.25, 0.3) is 0 Å². The van der Waals surface area contributed by atoms with Crippen molar-refractivity contribution in [3.63, 3.8) is 0 Å². The van der Waals surface area contributed by atoms with Crippen molar-refractivity contribution in [2.45, 2.75) is 20.3 Å². The zero-order valence-electron chi connectivity index (χ0n) is 9.04. The summed E-state index contributed by atoms with van der Waals surface area (Å²) in [5, 5.41) is 0. The first-order valence-corrected chi connectivity index (χ1v) is 5.19. The van der Waals surface area contributed by atoms with Crippen molar-refractivity contribution in [2.24, 2.45) is 0 Å². The number of benzene rings is 1. The molecule has 0 saturated carbocycles. The largest absolute Gasteiger partial charge is 0.462 e. The van der Waals surface area contributed by atoms with Crippen LogP contribution in [0, 0.1) is 0 Å². The maximum absolute atomic E-state index is 11.7. The second kappa shape index (κ2) is 3.89. The van der Waals surface area contributed by atoms with E-state index < -0.39 is 0 Å². The molecule has 0 aromatic heterocycles. The van der Waals surface area contributed by atoms with Crippen LogP contribution >= 0.6 is 0 Å². The molecule has 0 N–H and O–H groups in total. The fourth-order valence-corrected chi connectivity index (χ4v) is 2.01. The minimum atomic E-state index is -0.194. The average molecular weight is 202 g/mol. The van der Waals surface area contributed by atoms with E-state index in [2.05, 4.69) is 6.07 Å². The van der Waals surface area contributed by atoms with Crippen LogP contribution < -0.4 is 0 Å². The Hall–Kier alpha value is -1.57. The van der Waals surface area contributed by atoms with Gasteiger partial charge in [0.05, 0.1) is 12.2 Å². The van der Waals surface area contributed by atoms with E-state index in [0.29, 0.717) is 6.61 Å². The Balaban J connectivity index is 2.40. The molecule has 78 valence electrons. The van der Waals surface area contributed by atoms with Crippen LogP contribution in [0.5, 0.6) is 0 Å². The molecule has 1 aliphatic carbocycles. The fraction of sp³-hybridized carbons (Fsp3) is 0.308. The molecule has 1 aromatic carbocycles. The van der Waals surface area contributed by atoms with Crippen LogP contribution in [0.1, 0.15) is 25.0 Å². The van der Waals surface area contributed by atoms with Gasteiger partial charge < -0.3 is 4.74 Å². The number of hydrogen-bond donors (Lipinski definition) is 0. The lowest BCUT2D eigenvalue weighted by Gasteiger charge is -2.05. The molecule has 0 atom stereocenters. The second-order valence-electron chi connectivity index (χ2n) is 3.71. The minimum Gasteiger partial charge on any atom is -0.462 e. The van der Waals surface area contributed by atoms with Gasteiger partial charge in [-0.3, -0.25) is 0 Å². The highest BCUT2D eigenvalue weighted by atomic mass is 16.5. The van der Waals surface area contributed by atoms with Gasteiger partial charge in [-0.1, -0.05) is 29.8 Å². The van der Waals surface area contributed by atoms with E-state index in [0.717, 1.165) is 23.1 Å².